The summed E-state index contributed by atoms with van der Waals surface area (Å²) < 4.78 is 23.3. The van der Waals surface area contributed by atoms with Crippen molar-refractivity contribution in [1.29, 1.82) is 0 Å². The minimum atomic E-state index is -0.390. The van der Waals surface area contributed by atoms with Crippen molar-refractivity contribution in [1.82, 2.24) is 0 Å². The van der Waals surface area contributed by atoms with Crippen molar-refractivity contribution >= 4 is 12.7 Å². The summed E-state index contributed by atoms with van der Waals surface area (Å²) in [7, 11) is 1.23. The Hall–Kier alpha value is -1.14. The van der Waals surface area contributed by atoms with Crippen molar-refractivity contribution in [3.05, 3.63) is 41.4 Å². The molecule has 1 saturated heterocycles. The zero-order chi connectivity index (χ0) is 18.0. The summed E-state index contributed by atoms with van der Waals surface area (Å²) in [5, 5.41) is 0. The van der Waals surface area contributed by atoms with E-state index in [4.69, 9.17) is 18.8 Å². The monoisotopic (exact) mass is 332 g/mol. The van der Waals surface area contributed by atoms with E-state index >= 15 is 0 Å². The predicted molar refractivity (Wildman–Crippen MR) is 97.5 cm³/mol. The van der Waals surface area contributed by atoms with E-state index in [1.807, 2.05) is 25.1 Å². The molecular formula is C19H29BO4. The molecule has 24 heavy (non-hydrogen) atoms. The smallest absolute Gasteiger partial charge is 0.400 e. The van der Waals surface area contributed by atoms with Crippen molar-refractivity contribution in [2.24, 2.45) is 0 Å². The molecule has 0 aromatic heterocycles. The summed E-state index contributed by atoms with van der Waals surface area (Å²) in [5.74, 6) is 0. The number of hydrogen-bond donors (Lipinski definition) is 0. The molecule has 4 nitrogen and oxygen atoms in total. The quantitative estimate of drug-likeness (QED) is 0.580. The van der Waals surface area contributed by atoms with Crippen LogP contribution in [0.2, 0.25) is 0 Å². The fourth-order valence-electron chi connectivity index (χ4n) is 2.80. The molecule has 0 unspecified atom stereocenters. The van der Waals surface area contributed by atoms with Gasteiger partial charge in [-0.3, -0.25) is 0 Å². The van der Waals surface area contributed by atoms with Gasteiger partial charge in [0.1, 0.15) is 6.79 Å². The highest BCUT2D eigenvalue weighted by molar-refractivity contribution is 6.56. The molecule has 132 valence electrons. The third-order valence-corrected chi connectivity index (χ3v) is 4.96. The van der Waals surface area contributed by atoms with Crippen LogP contribution in [-0.2, 0) is 18.8 Å². The standard InChI is InChI=1S/C19H29BO4/c1-14(20-23-18(3,4)19(5,6)24-20)17(15(2)22-13-21-7)16-11-9-8-10-12-16/h8-12,15H,13H2,1-7H3/b17-14-/t15-/m1/s1. The Morgan fingerprint density at radius 3 is 2.12 bits per heavy atom. The Balaban J connectivity index is 2.40. The van der Waals surface area contributed by atoms with E-state index < -0.39 is 0 Å². The number of rotatable bonds is 6. The molecule has 2 rings (SSSR count). The highest BCUT2D eigenvalue weighted by Gasteiger charge is 2.52. The zero-order valence-electron chi connectivity index (χ0n) is 15.9. The Morgan fingerprint density at radius 2 is 1.62 bits per heavy atom. The second-order valence-corrected chi connectivity index (χ2v) is 7.27. The maximum atomic E-state index is 6.22. The first-order valence-electron chi connectivity index (χ1n) is 8.42. The zero-order valence-corrected chi connectivity index (χ0v) is 15.9. The summed E-state index contributed by atoms with van der Waals surface area (Å²) >= 11 is 0. The van der Waals surface area contributed by atoms with E-state index in [1.54, 1.807) is 7.11 Å². The van der Waals surface area contributed by atoms with Gasteiger partial charge in [-0.2, -0.15) is 0 Å². The molecule has 1 aromatic carbocycles. The van der Waals surface area contributed by atoms with Gasteiger partial charge in [0.05, 0.1) is 17.3 Å². The van der Waals surface area contributed by atoms with Crippen LogP contribution in [0, 0.1) is 0 Å². The van der Waals surface area contributed by atoms with Crippen LogP contribution < -0.4 is 0 Å². The van der Waals surface area contributed by atoms with Crippen molar-refractivity contribution in [2.75, 3.05) is 13.9 Å². The van der Waals surface area contributed by atoms with Crippen molar-refractivity contribution in [3.63, 3.8) is 0 Å². The predicted octanol–water partition coefficient (Wildman–Crippen LogP) is 4.10. The van der Waals surface area contributed by atoms with Crippen LogP contribution >= 0.6 is 0 Å². The van der Waals surface area contributed by atoms with E-state index in [0.717, 1.165) is 16.6 Å². The van der Waals surface area contributed by atoms with E-state index in [9.17, 15) is 0 Å². The minimum Gasteiger partial charge on any atom is -0.400 e. The molecule has 1 heterocycles. The number of ether oxygens (including phenoxy) is 2. The molecule has 1 aliphatic rings. The number of allylic oxidation sites excluding steroid dienone is 1. The van der Waals surface area contributed by atoms with Gasteiger partial charge in [0.15, 0.2) is 0 Å². The van der Waals surface area contributed by atoms with Crippen molar-refractivity contribution < 1.29 is 18.8 Å². The molecule has 5 heteroatoms. The lowest BCUT2D eigenvalue weighted by Gasteiger charge is -2.32. The number of hydrogen-bond acceptors (Lipinski definition) is 4. The van der Waals surface area contributed by atoms with Gasteiger partial charge in [-0.25, -0.2) is 0 Å². The van der Waals surface area contributed by atoms with E-state index in [-0.39, 0.29) is 31.2 Å². The van der Waals surface area contributed by atoms with Gasteiger partial charge >= 0.3 is 7.12 Å². The van der Waals surface area contributed by atoms with Gasteiger partial charge < -0.3 is 18.8 Å². The third-order valence-electron chi connectivity index (χ3n) is 4.96. The summed E-state index contributed by atoms with van der Waals surface area (Å²) in [6.45, 7) is 12.6. The molecule has 1 aromatic rings. The molecule has 0 N–H and O–H groups in total. The summed E-state index contributed by atoms with van der Waals surface area (Å²) in [5.41, 5.74) is 2.48. The van der Waals surface area contributed by atoms with Gasteiger partial charge in [-0.05, 0) is 58.2 Å². The lowest BCUT2D eigenvalue weighted by Crippen LogP contribution is -2.41. The lowest BCUT2D eigenvalue weighted by atomic mass is 9.73. The molecule has 0 amide bonds. The average Bonchev–Trinajstić information content (AvgIpc) is 2.74. The topological polar surface area (TPSA) is 36.9 Å². The summed E-state index contributed by atoms with van der Waals surface area (Å²) in [6, 6.07) is 10.2. The van der Waals surface area contributed by atoms with E-state index in [1.165, 1.54) is 0 Å². The maximum absolute atomic E-state index is 6.22. The summed E-state index contributed by atoms with van der Waals surface area (Å²) in [4.78, 5) is 0. The lowest BCUT2D eigenvalue weighted by molar-refractivity contribution is -0.0464. The van der Waals surface area contributed by atoms with Crippen LogP contribution in [0.15, 0.2) is 35.8 Å². The molecule has 1 aliphatic heterocycles. The molecule has 0 bridgehead atoms. The first-order chi connectivity index (χ1) is 11.2. The van der Waals surface area contributed by atoms with Crippen LogP contribution in [0.1, 0.15) is 47.1 Å². The molecule has 0 radical (unpaired) electrons. The second kappa shape index (κ2) is 7.40. The second-order valence-electron chi connectivity index (χ2n) is 7.27. The third kappa shape index (κ3) is 3.91. The maximum Gasteiger partial charge on any atom is 0.490 e. The molecule has 0 aliphatic carbocycles. The molecule has 1 atom stereocenters. The Morgan fingerprint density at radius 1 is 1.08 bits per heavy atom. The first kappa shape index (κ1) is 19.2. The van der Waals surface area contributed by atoms with Crippen molar-refractivity contribution in [2.45, 2.75) is 58.8 Å². The number of benzene rings is 1. The normalized spacial score (nSPS) is 21.5. The van der Waals surface area contributed by atoms with E-state index in [0.29, 0.717) is 0 Å². The average molecular weight is 332 g/mol. The Kier molecular flexibility index (Phi) is 5.92. The molecule has 0 spiro atoms. The molecule has 1 fully saturated rings. The van der Waals surface area contributed by atoms with Crippen LogP contribution in [-0.4, -0.2) is 38.3 Å². The fraction of sp³-hybridized carbons (Fsp3) is 0.579. The SMILES string of the molecule is COCO[C@H](C)/C(=C(\C)B1OC(C)(C)C(C)(C)O1)c1ccccc1. The van der Waals surface area contributed by atoms with E-state index in [2.05, 4.69) is 46.8 Å². The van der Waals surface area contributed by atoms with Crippen LogP contribution in [0.25, 0.3) is 5.57 Å². The molecular weight excluding hydrogens is 303 g/mol. The van der Waals surface area contributed by atoms with Gasteiger partial charge in [0, 0.05) is 7.11 Å². The number of methoxy groups -OCH3 is 1. The fourth-order valence-corrected chi connectivity index (χ4v) is 2.80. The van der Waals surface area contributed by atoms with Gasteiger partial charge in [0.2, 0.25) is 0 Å². The van der Waals surface area contributed by atoms with Crippen LogP contribution in [0.3, 0.4) is 0 Å². The van der Waals surface area contributed by atoms with Crippen LogP contribution in [0.4, 0.5) is 0 Å². The highest BCUT2D eigenvalue weighted by Crippen LogP contribution is 2.40. The Bertz CT molecular complexity index is 564. The first-order valence-corrected chi connectivity index (χ1v) is 8.42. The highest BCUT2D eigenvalue weighted by atomic mass is 16.7. The summed E-state index contributed by atoms with van der Waals surface area (Å²) in [6.07, 6.45) is -0.133. The van der Waals surface area contributed by atoms with Gasteiger partial charge in [-0.1, -0.05) is 30.3 Å². The largest absolute Gasteiger partial charge is 0.490 e. The molecule has 0 saturated carbocycles. The van der Waals surface area contributed by atoms with Gasteiger partial charge in [0.25, 0.3) is 0 Å². The van der Waals surface area contributed by atoms with Gasteiger partial charge in [-0.15, -0.1) is 0 Å². The van der Waals surface area contributed by atoms with Crippen molar-refractivity contribution in [3.8, 4) is 0 Å². The minimum absolute atomic E-state index is 0.133. The Labute approximate surface area is 146 Å². The van der Waals surface area contributed by atoms with Crippen LogP contribution in [0.5, 0.6) is 0 Å².